The van der Waals surface area contributed by atoms with Crippen LogP contribution in [0.5, 0.6) is 0 Å². The molecule has 3 nitrogen and oxygen atoms in total. The molecule has 3 rings (SSSR count). The first-order chi connectivity index (χ1) is 8.35. The lowest BCUT2D eigenvalue weighted by Crippen LogP contribution is -2.53. The zero-order chi connectivity index (χ0) is 12.0. The van der Waals surface area contributed by atoms with E-state index in [9.17, 15) is 0 Å². The lowest BCUT2D eigenvalue weighted by molar-refractivity contribution is 0.106. The van der Waals surface area contributed by atoms with Crippen molar-refractivity contribution in [2.75, 3.05) is 26.2 Å². The van der Waals surface area contributed by atoms with Crippen molar-refractivity contribution >= 4 is 0 Å². The van der Waals surface area contributed by atoms with E-state index in [0.717, 1.165) is 38.5 Å². The molecule has 3 heteroatoms. The Morgan fingerprint density at radius 3 is 2.29 bits per heavy atom. The van der Waals surface area contributed by atoms with Crippen LogP contribution < -0.4 is 16.4 Å². The topological polar surface area (TPSA) is 50.1 Å². The molecular weight excluding hydrogens is 210 g/mol. The van der Waals surface area contributed by atoms with E-state index in [1.807, 2.05) is 0 Å². The minimum absolute atomic E-state index is 0.522. The Hall–Kier alpha value is -0.120. The van der Waals surface area contributed by atoms with Gasteiger partial charge in [-0.25, -0.2) is 0 Å². The summed E-state index contributed by atoms with van der Waals surface area (Å²) in [6, 6.07) is 0. The summed E-state index contributed by atoms with van der Waals surface area (Å²) in [6.07, 6.45) is 11.0. The molecule has 17 heavy (non-hydrogen) atoms. The molecule has 0 aliphatic heterocycles. The van der Waals surface area contributed by atoms with Crippen LogP contribution in [0.2, 0.25) is 0 Å². The Kier molecular flexibility index (Phi) is 5.26. The zero-order valence-electron chi connectivity index (χ0n) is 11.1. The van der Waals surface area contributed by atoms with Crippen LogP contribution in [-0.4, -0.2) is 31.7 Å². The Bertz CT molecular complexity index is 196. The van der Waals surface area contributed by atoms with Gasteiger partial charge in [0.2, 0.25) is 0 Å². The second-order valence-electron chi connectivity index (χ2n) is 5.93. The first kappa shape index (κ1) is 13.3. The summed E-state index contributed by atoms with van der Waals surface area (Å²) in [5.41, 5.74) is 5.99. The molecule has 4 N–H and O–H groups in total. The molecule has 0 unspecified atom stereocenters. The quantitative estimate of drug-likeness (QED) is 0.564. The van der Waals surface area contributed by atoms with Gasteiger partial charge in [0.25, 0.3) is 0 Å². The molecular formula is C14H29N3. The molecule has 3 aliphatic rings. The summed E-state index contributed by atoms with van der Waals surface area (Å²) in [7, 11) is 0. The summed E-state index contributed by atoms with van der Waals surface area (Å²) in [6.45, 7) is 4.18. The van der Waals surface area contributed by atoms with Gasteiger partial charge in [0.15, 0.2) is 0 Å². The van der Waals surface area contributed by atoms with Crippen molar-refractivity contribution < 1.29 is 0 Å². The summed E-state index contributed by atoms with van der Waals surface area (Å²) in [4.78, 5) is 0. The molecule has 0 atom stereocenters. The maximum absolute atomic E-state index is 5.47. The fourth-order valence-electron chi connectivity index (χ4n) is 3.45. The summed E-state index contributed by atoms with van der Waals surface area (Å²) < 4.78 is 0. The number of hydrogen-bond acceptors (Lipinski definition) is 3. The highest BCUT2D eigenvalue weighted by Gasteiger charge is 2.39. The van der Waals surface area contributed by atoms with E-state index >= 15 is 0 Å². The first-order valence-electron chi connectivity index (χ1n) is 7.50. The van der Waals surface area contributed by atoms with Crippen molar-refractivity contribution in [3.8, 4) is 0 Å². The van der Waals surface area contributed by atoms with E-state index < -0.39 is 0 Å². The van der Waals surface area contributed by atoms with E-state index in [-0.39, 0.29) is 0 Å². The predicted molar refractivity (Wildman–Crippen MR) is 73.1 cm³/mol. The number of hydrogen-bond donors (Lipinski definition) is 3. The van der Waals surface area contributed by atoms with Crippen molar-refractivity contribution in [2.24, 2.45) is 11.7 Å². The van der Waals surface area contributed by atoms with Gasteiger partial charge in [0.05, 0.1) is 0 Å². The number of nitrogens with one attached hydrogen (secondary N) is 2. The van der Waals surface area contributed by atoms with E-state index in [2.05, 4.69) is 10.6 Å². The van der Waals surface area contributed by atoms with Crippen LogP contribution in [0.1, 0.15) is 51.4 Å². The van der Waals surface area contributed by atoms with Gasteiger partial charge in [-0.15, -0.1) is 0 Å². The van der Waals surface area contributed by atoms with Crippen LogP contribution >= 0.6 is 0 Å². The highest BCUT2D eigenvalue weighted by molar-refractivity contribution is 4.97. The maximum Gasteiger partial charge on any atom is 0.0182 e. The fraction of sp³-hybridized carbons (Fsp3) is 1.00. The molecule has 0 aromatic carbocycles. The first-order valence-corrected chi connectivity index (χ1v) is 7.50. The Morgan fingerprint density at radius 1 is 0.941 bits per heavy atom. The van der Waals surface area contributed by atoms with E-state index in [1.165, 1.54) is 44.9 Å². The second-order valence-corrected chi connectivity index (χ2v) is 5.93. The Labute approximate surface area is 106 Å². The molecule has 2 bridgehead atoms. The molecule has 0 spiro atoms. The monoisotopic (exact) mass is 239 g/mol. The van der Waals surface area contributed by atoms with Gasteiger partial charge in [-0.2, -0.15) is 0 Å². The van der Waals surface area contributed by atoms with Gasteiger partial charge < -0.3 is 16.4 Å². The van der Waals surface area contributed by atoms with Crippen LogP contribution in [0.25, 0.3) is 0 Å². The summed E-state index contributed by atoms with van der Waals surface area (Å²) in [5, 5.41) is 7.32. The fourth-order valence-corrected chi connectivity index (χ4v) is 3.45. The number of rotatable bonds is 8. The standard InChI is InChI=1S/C14H29N3/c15-9-1-2-10-16-11-12-17-14-6-3-13(4-7-14)5-8-14/h13,16-17H,1-12,15H2. The van der Waals surface area contributed by atoms with Gasteiger partial charge in [-0.1, -0.05) is 0 Å². The molecule has 0 heterocycles. The third kappa shape index (κ3) is 3.94. The summed E-state index contributed by atoms with van der Waals surface area (Å²) in [5.74, 6) is 1.06. The lowest BCUT2D eigenvalue weighted by atomic mass is 9.66. The van der Waals surface area contributed by atoms with Crippen molar-refractivity contribution in [3.63, 3.8) is 0 Å². The average molecular weight is 239 g/mol. The highest BCUT2D eigenvalue weighted by Crippen LogP contribution is 2.43. The second kappa shape index (κ2) is 6.72. The molecule has 100 valence electrons. The van der Waals surface area contributed by atoms with Crippen molar-refractivity contribution in [3.05, 3.63) is 0 Å². The molecule has 3 aliphatic carbocycles. The van der Waals surface area contributed by atoms with Crippen LogP contribution in [0, 0.1) is 5.92 Å². The number of nitrogens with two attached hydrogens (primary N) is 1. The van der Waals surface area contributed by atoms with Crippen molar-refractivity contribution in [1.29, 1.82) is 0 Å². The SMILES string of the molecule is NCCCCNCCNC12CCC(CC1)CC2. The van der Waals surface area contributed by atoms with Gasteiger partial charge >= 0.3 is 0 Å². The minimum Gasteiger partial charge on any atom is -0.330 e. The molecule has 0 aromatic rings. The molecule has 3 fully saturated rings. The van der Waals surface area contributed by atoms with Crippen LogP contribution in [0.4, 0.5) is 0 Å². The van der Waals surface area contributed by atoms with Gasteiger partial charge in [0.1, 0.15) is 0 Å². The van der Waals surface area contributed by atoms with Gasteiger partial charge in [-0.3, -0.25) is 0 Å². The zero-order valence-corrected chi connectivity index (χ0v) is 11.1. The van der Waals surface area contributed by atoms with Crippen molar-refractivity contribution in [1.82, 2.24) is 10.6 Å². The maximum atomic E-state index is 5.47. The van der Waals surface area contributed by atoms with Crippen molar-refractivity contribution in [2.45, 2.75) is 56.9 Å². The highest BCUT2D eigenvalue weighted by atomic mass is 15.0. The minimum atomic E-state index is 0.522. The largest absolute Gasteiger partial charge is 0.330 e. The molecule has 0 saturated heterocycles. The average Bonchev–Trinajstić information content (AvgIpc) is 2.40. The lowest BCUT2D eigenvalue weighted by Gasteiger charge is -2.47. The third-order valence-electron chi connectivity index (χ3n) is 4.70. The Balaban J connectivity index is 1.52. The van der Waals surface area contributed by atoms with E-state index in [1.54, 1.807) is 0 Å². The third-order valence-corrected chi connectivity index (χ3v) is 4.70. The van der Waals surface area contributed by atoms with Crippen LogP contribution in [0.15, 0.2) is 0 Å². The van der Waals surface area contributed by atoms with E-state index in [0.29, 0.717) is 5.54 Å². The smallest absolute Gasteiger partial charge is 0.0182 e. The summed E-state index contributed by atoms with van der Waals surface area (Å²) >= 11 is 0. The molecule has 3 saturated carbocycles. The normalized spacial score (nSPS) is 31.9. The molecule has 0 amide bonds. The molecule has 0 aromatic heterocycles. The predicted octanol–water partition coefficient (Wildman–Crippen LogP) is 1.63. The van der Waals surface area contributed by atoms with Gasteiger partial charge in [-0.05, 0) is 70.4 Å². The Morgan fingerprint density at radius 2 is 1.65 bits per heavy atom. The van der Waals surface area contributed by atoms with Crippen LogP contribution in [-0.2, 0) is 0 Å². The van der Waals surface area contributed by atoms with Crippen LogP contribution in [0.3, 0.4) is 0 Å². The number of fused-ring (bicyclic) bond motifs is 3. The molecule has 0 radical (unpaired) electrons. The number of unbranched alkanes of at least 4 members (excludes halogenated alkanes) is 1. The van der Waals surface area contributed by atoms with Gasteiger partial charge in [0, 0.05) is 18.6 Å². The van der Waals surface area contributed by atoms with E-state index in [4.69, 9.17) is 5.73 Å².